The molecule has 0 aliphatic heterocycles. The summed E-state index contributed by atoms with van der Waals surface area (Å²) in [5.41, 5.74) is 1.03. The molecule has 0 bridgehead atoms. The van der Waals surface area contributed by atoms with Crippen molar-refractivity contribution in [2.75, 3.05) is 5.75 Å². The second kappa shape index (κ2) is 6.76. The lowest BCUT2D eigenvalue weighted by Gasteiger charge is -1.98. The van der Waals surface area contributed by atoms with Crippen molar-refractivity contribution in [2.45, 2.75) is 13.3 Å². The first-order chi connectivity index (χ1) is 7.59. The van der Waals surface area contributed by atoms with Crippen LogP contribution in [0.3, 0.4) is 0 Å². The molecule has 0 unspecified atom stereocenters. The van der Waals surface area contributed by atoms with Crippen molar-refractivity contribution in [1.29, 1.82) is 0 Å². The van der Waals surface area contributed by atoms with Crippen molar-refractivity contribution in [3.8, 4) is 5.75 Å². The number of hydrogen-bond donors (Lipinski definition) is 1. The van der Waals surface area contributed by atoms with Crippen LogP contribution in [0.25, 0.3) is 6.08 Å². The molecule has 0 aliphatic rings. The van der Waals surface area contributed by atoms with Crippen LogP contribution in [0.2, 0.25) is 0 Å². The summed E-state index contributed by atoms with van der Waals surface area (Å²) in [6.07, 6.45) is 4.86. The molecule has 1 aromatic carbocycles. The van der Waals surface area contributed by atoms with Crippen molar-refractivity contribution in [3.63, 3.8) is 0 Å². The Morgan fingerprint density at radius 2 is 2.31 bits per heavy atom. The fourth-order valence-electron chi connectivity index (χ4n) is 1.12. The van der Waals surface area contributed by atoms with Crippen LogP contribution in [-0.4, -0.2) is 16.0 Å². The fourth-order valence-corrected chi connectivity index (χ4v) is 2.05. The van der Waals surface area contributed by atoms with Gasteiger partial charge in [-0.05, 0) is 40.0 Å². The highest BCUT2D eigenvalue weighted by Gasteiger charge is 1.96. The van der Waals surface area contributed by atoms with Crippen LogP contribution < -0.4 is 0 Å². The van der Waals surface area contributed by atoms with E-state index in [-0.39, 0.29) is 10.9 Å². The van der Waals surface area contributed by atoms with E-state index in [0.29, 0.717) is 4.47 Å². The van der Waals surface area contributed by atoms with Gasteiger partial charge in [-0.25, -0.2) is 0 Å². The Bertz CT molecular complexity index is 402. The third-order valence-electron chi connectivity index (χ3n) is 1.87. The van der Waals surface area contributed by atoms with E-state index in [1.54, 1.807) is 13.0 Å². The van der Waals surface area contributed by atoms with Gasteiger partial charge in [0.2, 0.25) is 0 Å². The number of carbonyl (C=O) groups excluding carboxylic acids is 1. The molecule has 2 nitrogen and oxygen atoms in total. The molecule has 4 heteroatoms. The van der Waals surface area contributed by atoms with E-state index in [4.69, 9.17) is 0 Å². The van der Waals surface area contributed by atoms with Gasteiger partial charge >= 0.3 is 0 Å². The number of phenols is 1. The first-order valence-electron chi connectivity index (χ1n) is 4.88. The van der Waals surface area contributed by atoms with Gasteiger partial charge in [0.1, 0.15) is 5.75 Å². The molecule has 0 radical (unpaired) electrons. The van der Waals surface area contributed by atoms with Gasteiger partial charge in [0.25, 0.3) is 0 Å². The van der Waals surface area contributed by atoms with Crippen LogP contribution in [0.4, 0.5) is 0 Å². The van der Waals surface area contributed by atoms with E-state index >= 15 is 0 Å². The second-order valence-electron chi connectivity index (χ2n) is 3.24. The summed E-state index contributed by atoms with van der Waals surface area (Å²) in [5, 5.41) is 9.46. The molecular weight excluding hydrogens is 288 g/mol. The van der Waals surface area contributed by atoms with Gasteiger partial charge < -0.3 is 5.11 Å². The van der Waals surface area contributed by atoms with E-state index in [1.807, 2.05) is 24.3 Å². The lowest BCUT2D eigenvalue weighted by Crippen LogP contribution is -1.83. The molecule has 0 spiro atoms. The molecule has 16 heavy (non-hydrogen) atoms. The van der Waals surface area contributed by atoms with E-state index in [1.165, 1.54) is 11.8 Å². The Labute approximate surface area is 108 Å². The van der Waals surface area contributed by atoms with Crippen molar-refractivity contribution < 1.29 is 9.90 Å². The molecule has 0 atom stereocenters. The molecular formula is C12H13BrO2S. The quantitative estimate of drug-likeness (QED) is 0.859. The second-order valence-corrected chi connectivity index (χ2v) is 5.37. The predicted molar refractivity (Wildman–Crippen MR) is 72.6 cm³/mol. The maximum Gasteiger partial charge on any atom is 0.185 e. The Hall–Kier alpha value is -0.740. The van der Waals surface area contributed by atoms with Crippen LogP contribution in [0.5, 0.6) is 5.75 Å². The molecule has 1 aromatic rings. The van der Waals surface area contributed by atoms with E-state index in [9.17, 15) is 9.90 Å². The van der Waals surface area contributed by atoms with Gasteiger partial charge in [-0.2, -0.15) is 0 Å². The number of phenolic OH excluding ortho intramolecular Hbond substituents is 1. The third kappa shape index (κ3) is 4.86. The summed E-state index contributed by atoms with van der Waals surface area (Å²) < 4.78 is 0.688. The minimum absolute atomic E-state index is 0.153. The molecule has 0 amide bonds. The van der Waals surface area contributed by atoms with Gasteiger partial charge in [-0.3, -0.25) is 4.79 Å². The zero-order valence-corrected chi connectivity index (χ0v) is 11.3. The summed E-state index contributed by atoms with van der Waals surface area (Å²) in [6, 6.07) is 5.34. The Morgan fingerprint density at radius 3 is 2.94 bits per heavy atom. The topological polar surface area (TPSA) is 37.3 Å². The number of aromatic hydroxyl groups is 1. The number of allylic oxidation sites excluding steroid dienone is 1. The highest BCUT2D eigenvalue weighted by Crippen LogP contribution is 2.24. The fraction of sp³-hybridized carbons (Fsp3) is 0.250. The SMILES string of the molecule is CC(=O)SCCC=Cc1ccc(O)c(Br)c1. The molecule has 86 valence electrons. The van der Waals surface area contributed by atoms with Crippen LogP contribution in [0.15, 0.2) is 28.7 Å². The van der Waals surface area contributed by atoms with E-state index < -0.39 is 0 Å². The minimum atomic E-state index is 0.153. The zero-order chi connectivity index (χ0) is 12.0. The van der Waals surface area contributed by atoms with Crippen molar-refractivity contribution in [1.82, 2.24) is 0 Å². The van der Waals surface area contributed by atoms with Crippen LogP contribution >= 0.6 is 27.7 Å². The monoisotopic (exact) mass is 300 g/mol. The van der Waals surface area contributed by atoms with Crippen LogP contribution in [0, 0.1) is 0 Å². The molecule has 1 N–H and O–H groups in total. The highest BCUT2D eigenvalue weighted by atomic mass is 79.9. The van der Waals surface area contributed by atoms with Gasteiger partial charge in [0.05, 0.1) is 4.47 Å². The molecule has 0 fully saturated rings. The standard InChI is InChI=1S/C12H13BrO2S/c1-9(14)16-7-3-2-4-10-5-6-12(15)11(13)8-10/h2,4-6,8,15H,3,7H2,1H3. The summed E-state index contributed by atoms with van der Waals surface area (Å²) >= 11 is 4.59. The largest absolute Gasteiger partial charge is 0.507 e. The number of rotatable bonds is 4. The number of carbonyl (C=O) groups is 1. The molecule has 0 aromatic heterocycles. The van der Waals surface area contributed by atoms with Gasteiger partial charge in [0.15, 0.2) is 5.12 Å². The van der Waals surface area contributed by atoms with Gasteiger partial charge in [-0.1, -0.05) is 30.0 Å². The number of benzene rings is 1. The first-order valence-corrected chi connectivity index (χ1v) is 6.66. The summed E-state index contributed by atoms with van der Waals surface area (Å²) in [6.45, 7) is 1.57. The Morgan fingerprint density at radius 1 is 1.56 bits per heavy atom. The zero-order valence-electron chi connectivity index (χ0n) is 8.94. The molecule has 0 saturated carbocycles. The normalized spacial score (nSPS) is 10.9. The number of hydrogen-bond acceptors (Lipinski definition) is 3. The van der Waals surface area contributed by atoms with E-state index in [2.05, 4.69) is 15.9 Å². The highest BCUT2D eigenvalue weighted by molar-refractivity contribution is 9.10. The van der Waals surface area contributed by atoms with Crippen LogP contribution in [0.1, 0.15) is 18.9 Å². The summed E-state index contributed by atoms with van der Waals surface area (Å²) in [4.78, 5) is 10.7. The lowest BCUT2D eigenvalue weighted by atomic mass is 10.2. The maximum absolute atomic E-state index is 10.7. The summed E-state index contributed by atoms with van der Waals surface area (Å²) in [7, 11) is 0. The Kier molecular flexibility index (Phi) is 5.63. The van der Waals surface area contributed by atoms with E-state index in [0.717, 1.165) is 17.7 Å². The third-order valence-corrected chi connectivity index (χ3v) is 3.35. The average molecular weight is 301 g/mol. The smallest absolute Gasteiger partial charge is 0.185 e. The summed E-state index contributed by atoms with van der Waals surface area (Å²) in [5.74, 6) is 1.05. The van der Waals surface area contributed by atoms with Gasteiger partial charge in [0, 0.05) is 12.7 Å². The molecule has 0 saturated heterocycles. The first kappa shape index (κ1) is 13.3. The lowest BCUT2D eigenvalue weighted by molar-refractivity contribution is -0.109. The van der Waals surface area contributed by atoms with Crippen molar-refractivity contribution >= 4 is 38.9 Å². The van der Waals surface area contributed by atoms with Crippen molar-refractivity contribution in [2.24, 2.45) is 0 Å². The number of halogens is 1. The molecule has 0 aliphatic carbocycles. The molecule has 0 heterocycles. The maximum atomic E-state index is 10.7. The van der Waals surface area contributed by atoms with Crippen LogP contribution in [-0.2, 0) is 4.79 Å². The van der Waals surface area contributed by atoms with Crippen molar-refractivity contribution in [3.05, 3.63) is 34.3 Å². The Balaban J connectivity index is 2.44. The van der Waals surface area contributed by atoms with Gasteiger partial charge in [-0.15, -0.1) is 0 Å². The minimum Gasteiger partial charge on any atom is -0.507 e. The number of thioether (sulfide) groups is 1. The predicted octanol–water partition coefficient (Wildman–Crippen LogP) is 3.84. The average Bonchev–Trinajstić information content (AvgIpc) is 2.22. The molecule has 1 rings (SSSR count).